The van der Waals surface area contributed by atoms with Gasteiger partial charge in [0.05, 0.1) is 11.2 Å². The maximum absolute atomic E-state index is 15.1. The molecule has 36 heavy (non-hydrogen) atoms. The zero-order valence-corrected chi connectivity index (χ0v) is 20.0. The Balaban J connectivity index is 1.58. The number of nitrogens with zero attached hydrogens (tertiary/aromatic N) is 4. The van der Waals surface area contributed by atoms with Crippen molar-refractivity contribution in [1.82, 2.24) is 9.47 Å². The van der Waals surface area contributed by atoms with E-state index >= 15 is 4.39 Å². The van der Waals surface area contributed by atoms with Gasteiger partial charge in [-0.25, -0.2) is 9.18 Å². The maximum Gasteiger partial charge on any atom is 0.341 e. The first-order valence-corrected chi connectivity index (χ1v) is 11.6. The summed E-state index contributed by atoms with van der Waals surface area (Å²) in [5, 5.41) is 18.9. The number of aromatic nitrogens is 1. The van der Waals surface area contributed by atoms with Gasteiger partial charge in [-0.1, -0.05) is 24.3 Å². The van der Waals surface area contributed by atoms with Crippen LogP contribution in [-0.2, 0) is 11.3 Å². The summed E-state index contributed by atoms with van der Waals surface area (Å²) in [4.78, 5) is 40.4. The third-order valence-electron chi connectivity index (χ3n) is 6.47. The Bertz CT molecular complexity index is 1490. The van der Waals surface area contributed by atoms with Crippen molar-refractivity contribution in [2.75, 3.05) is 31.1 Å². The Labute approximate surface area is 207 Å². The number of anilines is 1. The number of benzene rings is 2. The van der Waals surface area contributed by atoms with Crippen LogP contribution >= 0.6 is 0 Å². The molecule has 0 spiro atoms. The third-order valence-corrected chi connectivity index (χ3v) is 6.47. The fourth-order valence-electron chi connectivity index (χ4n) is 4.42. The van der Waals surface area contributed by atoms with Crippen LogP contribution in [0.5, 0.6) is 0 Å². The molecule has 1 amide bonds. The van der Waals surface area contributed by atoms with Crippen molar-refractivity contribution >= 4 is 34.5 Å². The number of carbonyl (C=O) groups is 2. The van der Waals surface area contributed by atoms with Crippen LogP contribution in [0.4, 0.5) is 10.1 Å². The van der Waals surface area contributed by atoms with Gasteiger partial charge in [0, 0.05) is 44.3 Å². The summed E-state index contributed by atoms with van der Waals surface area (Å²) < 4.78 is 16.7. The number of fused-ring (bicyclic) bond motifs is 1. The third kappa shape index (κ3) is 4.58. The van der Waals surface area contributed by atoms with Crippen LogP contribution in [0.25, 0.3) is 17.0 Å². The summed E-state index contributed by atoms with van der Waals surface area (Å²) in [6.07, 6.45) is 2.86. The lowest BCUT2D eigenvalue weighted by Gasteiger charge is -2.36. The van der Waals surface area contributed by atoms with E-state index < -0.39 is 22.8 Å². The monoisotopic (exact) mass is 488 g/mol. The highest BCUT2D eigenvalue weighted by Crippen LogP contribution is 2.27. The zero-order chi connectivity index (χ0) is 26.0. The molecule has 0 atom stereocenters. The predicted octanol–water partition coefficient (Wildman–Crippen LogP) is 3.42. The lowest BCUT2D eigenvalue weighted by atomic mass is 10.1. The van der Waals surface area contributed by atoms with Crippen molar-refractivity contribution in [1.29, 1.82) is 5.26 Å². The Morgan fingerprint density at radius 2 is 1.86 bits per heavy atom. The van der Waals surface area contributed by atoms with Gasteiger partial charge in [-0.3, -0.25) is 9.59 Å². The predicted molar refractivity (Wildman–Crippen MR) is 134 cm³/mol. The number of hydrogen-bond acceptors (Lipinski definition) is 5. The first-order chi connectivity index (χ1) is 17.2. The minimum absolute atomic E-state index is 0.00631. The van der Waals surface area contributed by atoms with Crippen molar-refractivity contribution in [2.24, 2.45) is 0 Å². The number of aryl methyl sites for hydroxylation is 2. The quantitative estimate of drug-likeness (QED) is 0.436. The largest absolute Gasteiger partial charge is 0.477 e. The highest BCUT2D eigenvalue weighted by atomic mass is 19.1. The van der Waals surface area contributed by atoms with Crippen LogP contribution < -0.4 is 10.3 Å². The van der Waals surface area contributed by atoms with E-state index in [0.29, 0.717) is 38.2 Å². The molecule has 0 bridgehead atoms. The number of nitriles is 1. The smallest absolute Gasteiger partial charge is 0.341 e. The second-order valence-electron chi connectivity index (χ2n) is 8.59. The van der Waals surface area contributed by atoms with Crippen LogP contribution in [0.2, 0.25) is 0 Å². The van der Waals surface area contributed by atoms with E-state index in [-0.39, 0.29) is 22.6 Å². The summed E-state index contributed by atoms with van der Waals surface area (Å²) in [5.41, 5.74) is 1.37. The lowest BCUT2D eigenvalue weighted by Crippen LogP contribution is -2.49. The first kappa shape index (κ1) is 24.7. The van der Waals surface area contributed by atoms with Crippen LogP contribution in [0.15, 0.2) is 53.0 Å². The van der Waals surface area contributed by atoms with Gasteiger partial charge < -0.3 is 19.5 Å². The van der Waals surface area contributed by atoms with E-state index in [1.165, 1.54) is 6.20 Å². The fraction of sp³-hybridized carbons (Fsp3) is 0.259. The number of rotatable bonds is 5. The van der Waals surface area contributed by atoms with Gasteiger partial charge in [0.2, 0.25) is 5.43 Å². The molecule has 1 aliphatic rings. The second-order valence-corrected chi connectivity index (χ2v) is 8.59. The molecule has 1 aliphatic heterocycles. The Kier molecular flexibility index (Phi) is 6.88. The van der Waals surface area contributed by atoms with E-state index in [2.05, 4.69) is 0 Å². The van der Waals surface area contributed by atoms with Crippen LogP contribution in [0, 0.1) is 24.1 Å². The van der Waals surface area contributed by atoms with Crippen molar-refractivity contribution in [3.8, 4) is 6.07 Å². The Morgan fingerprint density at radius 1 is 1.17 bits per heavy atom. The lowest BCUT2D eigenvalue weighted by molar-refractivity contribution is -0.126. The van der Waals surface area contributed by atoms with Gasteiger partial charge in [-0.2, -0.15) is 5.26 Å². The number of piperazine rings is 1. The summed E-state index contributed by atoms with van der Waals surface area (Å²) in [7, 11) is 0. The van der Waals surface area contributed by atoms with Gasteiger partial charge in [-0.05, 0) is 43.2 Å². The molecule has 2 aromatic carbocycles. The minimum atomic E-state index is -1.36. The van der Waals surface area contributed by atoms with Gasteiger partial charge in [0.15, 0.2) is 0 Å². The number of carboxylic acids is 1. The molecule has 4 rings (SSSR count). The topological polar surface area (TPSA) is 107 Å². The number of aromatic carboxylic acids is 1. The molecule has 1 saturated heterocycles. The van der Waals surface area contributed by atoms with E-state index in [0.717, 1.165) is 17.2 Å². The van der Waals surface area contributed by atoms with E-state index in [4.69, 9.17) is 0 Å². The molecule has 2 heterocycles. The van der Waals surface area contributed by atoms with E-state index in [9.17, 15) is 24.8 Å². The molecule has 184 valence electrons. The van der Waals surface area contributed by atoms with E-state index in [1.807, 2.05) is 37.3 Å². The Morgan fingerprint density at radius 3 is 2.47 bits per heavy atom. The average Bonchev–Trinajstić information content (AvgIpc) is 2.88. The highest BCUT2D eigenvalue weighted by molar-refractivity contribution is 6.02. The Hall–Kier alpha value is -4.45. The maximum atomic E-state index is 15.1. The average molecular weight is 489 g/mol. The van der Waals surface area contributed by atoms with Crippen LogP contribution in [-0.4, -0.2) is 52.6 Å². The number of carbonyl (C=O) groups excluding carboxylic acids is 1. The standard InChI is InChI=1S/C27H25FN4O4/c1-3-30-16-21(27(35)36)25(33)20-13-22(28)24(14-23(20)30)31-8-10-32(11-9-31)26(34)19(15-29)12-18-7-5-4-6-17(18)2/h4-7,12-14,16H,3,8-11H2,1-2H3,(H,35,36). The number of amides is 1. The van der Waals surface area contributed by atoms with Gasteiger partial charge in [-0.15, -0.1) is 0 Å². The number of pyridine rings is 1. The number of carboxylic acid groups (broad SMARTS) is 1. The fourth-order valence-corrected chi connectivity index (χ4v) is 4.42. The summed E-state index contributed by atoms with van der Waals surface area (Å²) in [5.74, 6) is -2.37. The normalized spacial score (nSPS) is 14.1. The molecule has 0 unspecified atom stereocenters. The molecule has 1 N–H and O–H groups in total. The number of hydrogen-bond donors (Lipinski definition) is 1. The first-order valence-electron chi connectivity index (χ1n) is 11.6. The molecular formula is C27H25FN4O4. The van der Waals surface area contributed by atoms with Gasteiger partial charge in [0.25, 0.3) is 5.91 Å². The molecule has 0 aliphatic carbocycles. The molecular weight excluding hydrogens is 463 g/mol. The molecule has 0 saturated carbocycles. The highest BCUT2D eigenvalue weighted by Gasteiger charge is 2.26. The SMILES string of the molecule is CCn1cc(C(=O)O)c(=O)c2cc(F)c(N3CCN(C(=O)C(C#N)=Cc4ccccc4C)CC3)cc21. The molecule has 3 aromatic rings. The van der Waals surface area contributed by atoms with Crippen molar-refractivity contribution in [3.05, 3.63) is 80.9 Å². The second kappa shape index (κ2) is 10.0. The van der Waals surface area contributed by atoms with Gasteiger partial charge in [0.1, 0.15) is 23.0 Å². The van der Waals surface area contributed by atoms with Crippen LogP contribution in [0.1, 0.15) is 28.4 Å². The molecule has 9 heteroatoms. The van der Waals surface area contributed by atoms with Crippen LogP contribution in [0.3, 0.4) is 0 Å². The van der Waals surface area contributed by atoms with Gasteiger partial charge >= 0.3 is 5.97 Å². The van der Waals surface area contributed by atoms with E-state index in [1.54, 1.807) is 33.4 Å². The number of halogens is 1. The van der Waals surface area contributed by atoms with Crippen molar-refractivity contribution in [2.45, 2.75) is 20.4 Å². The molecule has 1 fully saturated rings. The molecule has 8 nitrogen and oxygen atoms in total. The molecule has 0 radical (unpaired) electrons. The summed E-state index contributed by atoms with van der Waals surface area (Å²) in [6, 6.07) is 12.1. The molecule has 1 aromatic heterocycles. The van der Waals surface area contributed by atoms with Crippen molar-refractivity contribution in [3.63, 3.8) is 0 Å². The zero-order valence-electron chi connectivity index (χ0n) is 20.0. The van der Waals surface area contributed by atoms with Crippen molar-refractivity contribution < 1.29 is 19.1 Å². The summed E-state index contributed by atoms with van der Waals surface area (Å²) in [6.45, 7) is 5.36. The summed E-state index contributed by atoms with van der Waals surface area (Å²) >= 11 is 0. The minimum Gasteiger partial charge on any atom is -0.477 e.